The number of imidazole rings is 1. The van der Waals surface area contributed by atoms with Gasteiger partial charge < -0.3 is 5.32 Å². The van der Waals surface area contributed by atoms with Gasteiger partial charge in [-0.25, -0.2) is 9.97 Å². The van der Waals surface area contributed by atoms with Crippen LogP contribution in [0, 0.1) is 0 Å². The molecule has 2 heterocycles. The van der Waals surface area contributed by atoms with Crippen LogP contribution in [0.15, 0.2) is 48.9 Å². The van der Waals surface area contributed by atoms with Crippen LogP contribution in [0.1, 0.15) is 6.92 Å². The van der Waals surface area contributed by atoms with Crippen LogP contribution in [-0.4, -0.2) is 20.9 Å². The molecule has 18 heavy (non-hydrogen) atoms. The third-order valence-corrected chi connectivity index (χ3v) is 2.84. The van der Waals surface area contributed by atoms with Crippen LogP contribution in [0.2, 0.25) is 0 Å². The first-order valence-electron chi connectivity index (χ1n) is 6.01. The maximum atomic E-state index is 4.45. The van der Waals surface area contributed by atoms with Gasteiger partial charge in [-0.2, -0.15) is 0 Å². The highest BCUT2D eigenvalue weighted by molar-refractivity contribution is 5.70. The lowest BCUT2D eigenvalue weighted by Gasteiger charge is -2.05. The van der Waals surface area contributed by atoms with Crippen molar-refractivity contribution in [3.8, 4) is 11.3 Å². The van der Waals surface area contributed by atoms with Crippen LogP contribution >= 0.6 is 0 Å². The first-order valence-corrected chi connectivity index (χ1v) is 6.01. The van der Waals surface area contributed by atoms with Gasteiger partial charge in [0.05, 0.1) is 11.9 Å². The fourth-order valence-electron chi connectivity index (χ4n) is 2.03. The molecule has 3 aromatic rings. The molecule has 0 fully saturated rings. The number of hydrogen-bond donors (Lipinski definition) is 1. The van der Waals surface area contributed by atoms with Crippen LogP contribution in [0.5, 0.6) is 0 Å². The number of benzene rings is 1. The minimum atomic E-state index is 0.821. The second-order valence-electron chi connectivity index (χ2n) is 4.01. The summed E-state index contributed by atoms with van der Waals surface area (Å²) in [6.07, 6.45) is 5.61. The summed E-state index contributed by atoms with van der Waals surface area (Å²) in [5.41, 5.74) is 3.09. The van der Waals surface area contributed by atoms with Crippen molar-refractivity contribution in [3.63, 3.8) is 0 Å². The van der Waals surface area contributed by atoms with Crippen LogP contribution in [0.3, 0.4) is 0 Å². The van der Waals surface area contributed by atoms with Gasteiger partial charge in [0.15, 0.2) is 11.5 Å². The zero-order valence-electron chi connectivity index (χ0n) is 10.2. The summed E-state index contributed by atoms with van der Waals surface area (Å²) in [7, 11) is 0. The van der Waals surface area contributed by atoms with E-state index >= 15 is 0 Å². The van der Waals surface area contributed by atoms with Gasteiger partial charge in [-0.15, -0.1) is 0 Å². The van der Waals surface area contributed by atoms with Crippen LogP contribution in [0.25, 0.3) is 16.9 Å². The molecule has 2 aromatic heterocycles. The molecule has 0 unspecified atom stereocenters. The molecule has 0 radical (unpaired) electrons. The van der Waals surface area contributed by atoms with Crippen molar-refractivity contribution in [3.05, 3.63) is 48.9 Å². The lowest BCUT2D eigenvalue weighted by atomic mass is 10.2. The molecule has 0 aliphatic rings. The van der Waals surface area contributed by atoms with Crippen LogP contribution in [-0.2, 0) is 0 Å². The molecule has 0 aliphatic heterocycles. The van der Waals surface area contributed by atoms with Crippen LogP contribution in [0.4, 0.5) is 5.82 Å². The Morgan fingerprint density at radius 2 is 2.00 bits per heavy atom. The molecule has 0 amide bonds. The molecule has 0 saturated carbocycles. The van der Waals surface area contributed by atoms with Gasteiger partial charge in [0.2, 0.25) is 0 Å². The lowest BCUT2D eigenvalue weighted by molar-refractivity contribution is 1.09. The number of nitrogens with one attached hydrogen (secondary N) is 1. The Morgan fingerprint density at radius 3 is 2.78 bits per heavy atom. The molecule has 90 valence electrons. The van der Waals surface area contributed by atoms with E-state index in [9.17, 15) is 0 Å². The summed E-state index contributed by atoms with van der Waals surface area (Å²) < 4.78 is 2.06. The quantitative estimate of drug-likeness (QED) is 0.763. The summed E-state index contributed by atoms with van der Waals surface area (Å²) in [4.78, 5) is 8.76. The smallest absolute Gasteiger partial charge is 0.180 e. The van der Waals surface area contributed by atoms with Gasteiger partial charge in [-0.05, 0) is 6.92 Å². The highest BCUT2D eigenvalue weighted by Crippen LogP contribution is 2.22. The number of fused-ring (bicyclic) bond motifs is 1. The molecule has 0 saturated heterocycles. The largest absolute Gasteiger partial charge is 0.367 e. The second kappa shape index (κ2) is 4.49. The molecule has 1 aromatic carbocycles. The van der Waals surface area contributed by atoms with Gasteiger partial charge in [0.25, 0.3) is 0 Å². The monoisotopic (exact) mass is 238 g/mol. The van der Waals surface area contributed by atoms with Gasteiger partial charge >= 0.3 is 0 Å². The zero-order chi connectivity index (χ0) is 12.4. The topological polar surface area (TPSA) is 42.2 Å². The molecule has 0 atom stereocenters. The average Bonchev–Trinajstić information content (AvgIpc) is 2.85. The lowest BCUT2D eigenvalue weighted by Crippen LogP contribution is -2.02. The van der Waals surface area contributed by atoms with Crippen molar-refractivity contribution in [1.82, 2.24) is 14.4 Å². The van der Waals surface area contributed by atoms with Crippen molar-refractivity contribution in [2.24, 2.45) is 0 Å². The Morgan fingerprint density at radius 1 is 1.17 bits per heavy atom. The second-order valence-corrected chi connectivity index (χ2v) is 4.01. The van der Waals surface area contributed by atoms with Crippen LogP contribution < -0.4 is 5.32 Å². The van der Waals surface area contributed by atoms with Gasteiger partial charge in [-0.3, -0.25) is 4.40 Å². The maximum Gasteiger partial charge on any atom is 0.180 e. The summed E-state index contributed by atoms with van der Waals surface area (Å²) >= 11 is 0. The number of nitrogens with zero attached hydrogens (tertiary/aromatic N) is 3. The van der Waals surface area contributed by atoms with Crippen molar-refractivity contribution in [2.75, 3.05) is 11.9 Å². The van der Waals surface area contributed by atoms with Crippen molar-refractivity contribution in [2.45, 2.75) is 6.92 Å². The third kappa shape index (κ3) is 1.72. The molecule has 0 bridgehead atoms. The number of hydrogen-bond acceptors (Lipinski definition) is 3. The number of rotatable bonds is 3. The SMILES string of the molecule is CCNc1nccn2c(-c3ccccc3)cnc12. The Kier molecular flexibility index (Phi) is 2.68. The summed E-state index contributed by atoms with van der Waals surface area (Å²) in [6.45, 7) is 2.88. The molecular formula is C14H14N4. The van der Waals surface area contributed by atoms with E-state index in [0.29, 0.717) is 0 Å². The molecule has 3 rings (SSSR count). The Bertz CT molecular complexity index is 658. The molecule has 4 heteroatoms. The van der Waals surface area contributed by atoms with E-state index in [0.717, 1.165) is 29.3 Å². The summed E-state index contributed by atoms with van der Waals surface area (Å²) in [5, 5.41) is 3.22. The fraction of sp³-hybridized carbons (Fsp3) is 0.143. The predicted molar refractivity (Wildman–Crippen MR) is 72.6 cm³/mol. The molecule has 0 aliphatic carbocycles. The van der Waals surface area contributed by atoms with Crippen molar-refractivity contribution in [1.29, 1.82) is 0 Å². The van der Waals surface area contributed by atoms with E-state index in [1.807, 2.05) is 37.5 Å². The highest BCUT2D eigenvalue weighted by Gasteiger charge is 2.08. The normalized spacial score (nSPS) is 10.7. The van der Waals surface area contributed by atoms with E-state index in [-0.39, 0.29) is 0 Å². The zero-order valence-corrected chi connectivity index (χ0v) is 10.2. The first kappa shape index (κ1) is 10.8. The first-order chi connectivity index (χ1) is 8.90. The minimum Gasteiger partial charge on any atom is -0.367 e. The summed E-state index contributed by atoms with van der Waals surface area (Å²) in [6, 6.07) is 10.2. The van der Waals surface area contributed by atoms with E-state index in [1.54, 1.807) is 6.20 Å². The number of aromatic nitrogens is 3. The fourth-order valence-corrected chi connectivity index (χ4v) is 2.03. The van der Waals surface area contributed by atoms with E-state index in [4.69, 9.17) is 0 Å². The number of anilines is 1. The molecule has 1 N–H and O–H groups in total. The van der Waals surface area contributed by atoms with E-state index < -0.39 is 0 Å². The predicted octanol–water partition coefficient (Wildman–Crippen LogP) is 2.83. The average molecular weight is 238 g/mol. The van der Waals surface area contributed by atoms with Gasteiger partial charge in [0, 0.05) is 24.5 Å². The maximum absolute atomic E-state index is 4.45. The summed E-state index contributed by atoms with van der Waals surface area (Å²) in [5.74, 6) is 0.821. The third-order valence-electron chi connectivity index (χ3n) is 2.84. The Hall–Kier alpha value is -2.36. The Balaban J connectivity index is 2.18. The van der Waals surface area contributed by atoms with Gasteiger partial charge in [0.1, 0.15) is 0 Å². The Labute approximate surface area is 105 Å². The van der Waals surface area contributed by atoms with E-state index in [2.05, 4.69) is 31.8 Å². The van der Waals surface area contributed by atoms with Crippen molar-refractivity contribution < 1.29 is 0 Å². The highest BCUT2D eigenvalue weighted by atomic mass is 15.1. The van der Waals surface area contributed by atoms with Gasteiger partial charge in [-0.1, -0.05) is 30.3 Å². The molecular weight excluding hydrogens is 224 g/mol. The molecule has 0 spiro atoms. The standard InChI is InChI=1S/C14H14N4/c1-2-15-13-14-17-10-12(18(14)9-8-16-13)11-6-4-3-5-7-11/h3-10H,2H2,1H3,(H,15,16). The van der Waals surface area contributed by atoms with E-state index in [1.165, 1.54) is 0 Å². The minimum absolute atomic E-state index is 0.821. The van der Waals surface area contributed by atoms with Crippen molar-refractivity contribution >= 4 is 11.5 Å². The molecule has 4 nitrogen and oxygen atoms in total.